The lowest BCUT2D eigenvalue weighted by Crippen LogP contribution is -2.45. The highest BCUT2D eigenvalue weighted by molar-refractivity contribution is 8.00. The molecule has 0 bridgehead atoms. The molecule has 1 saturated carbocycles. The topological polar surface area (TPSA) is 20.2 Å². The van der Waals surface area contributed by atoms with Gasteiger partial charge in [0.05, 0.1) is 5.60 Å². The second kappa shape index (κ2) is 2.67. The summed E-state index contributed by atoms with van der Waals surface area (Å²) in [5, 5.41) is 10.7. The van der Waals surface area contributed by atoms with Gasteiger partial charge in [-0.15, -0.1) is 0 Å². The number of thioether (sulfide) groups is 1. The van der Waals surface area contributed by atoms with Crippen molar-refractivity contribution in [3.05, 3.63) is 0 Å². The third-order valence-corrected chi connectivity index (χ3v) is 4.73. The van der Waals surface area contributed by atoms with Gasteiger partial charge < -0.3 is 5.11 Å². The predicted octanol–water partition coefficient (Wildman–Crippen LogP) is 2.04. The van der Waals surface area contributed by atoms with Crippen molar-refractivity contribution < 1.29 is 5.11 Å². The lowest BCUT2D eigenvalue weighted by molar-refractivity contribution is -0.0451. The van der Waals surface area contributed by atoms with Crippen LogP contribution in [0.5, 0.6) is 0 Å². The van der Waals surface area contributed by atoms with Crippen LogP contribution in [0.25, 0.3) is 0 Å². The lowest BCUT2D eigenvalue weighted by Gasteiger charge is -2.41. The Morgan fingerprint density at radius 1 is 1.45 bits per heavy atom. The van der Waals surface area contributed by atoms with Crippen LogP contribution in [0.15, 0.2) is 0 Å². The molecular formula is C9H16OS. The first kappa shape index (κ1) is 7.93. The molecule has 0 spiro atoms. The molecule has 2 rings (SSSR count). The number of hydrogen-bond donors (Lipinski definition) is 1. The van der Waals surface area contributed by atoms with Crippen molar-refractivity contribution in [3.8, 4) is 0 Å². The van der Waals surface area contributed by atoms with E-state index in [4.69, 9.17) is 0 Å². The number of aliphatic hydroxyl groups is 1. The molecule has 2 fully saturated rings. The molecule has 64 valence electrons. The van der Waals surface area contributed by atoms with E-state index in [-0.39, 0.29) is 5.60 Å². The standard InChI is InChI=1S/C9H16OS/c1-7-9(10,5-6-11-7)8-3-2-4-8/h7-8,10H,2-6H2,1H3. The molecule has 0 aromatic rings. The minimum atomic E-state index is -0.289. The Bertz CT molecular complexity index is 156. The van der Waals surface area contributed by atoms with Crippen molar-refractivity contribution in [3.63, 3.8) is 0 Å². The van der Waals surface area contributed by atoms with E-state index in [0.717, 1.165) is 12.2 Å². The van der Waals surface area contributed by atoms with Crippen LogP contribution < -0.4 is 0 Å². The molecule has 1 N–H and O–H groups in total. The minimum absolute atomic E-state index is 0.289. The summed E-state index contributed by atoms with van der Waals surface area (Å²) in [6.45, 7) is 2.18. The van der Waals surface area contributed by atoms with E-state index in [1.165, 1.54) is 19.3 Å². The Kier molecular flexibility index (Phi) is 1.92. The van der Waals surface area contributed by atoms with E-state index < -0.39 is 0 Å². The monoisotopic (exact) mass is 172 g/mol. The summed E-state index contributed by atoms with van der Waals surface area (Å²) in [6.07, 6.45) is 4.90. The molecule has 1 nitrogen and oxygen atoms in total. The van der Waals surface area contributed by atoms with Gasteiger partial charge in [-0.1, -0.05) is 13.3 Å². The van der Waals surface area contributed by atoms with Crippen LogP contribution in [-0.4, -0.2) is 21.7 Å². The fourth-order valence-electron chi connectivity index (χ4n) is 2.19. The van der Waals surface area contributed by atoms with Crippen molar-refractivity contribution in [1.82, 2.24) is 0 Å². The van der Waals surface area contributed by atoms with Gasteiger partial charge in [-0.05, 0) is 30.9 Å². The average Bonchev–Trinajstić information content (AvgIpc) is 2.09. The van der Waals surface area contributed by atoms with Crippen LogP contribution in [0.2, 0.25) is 0 Å². The normalized spacial score (nSPS) is 45.8. The van der Waals surface area contributed by atoms with E-state index in [0.29, 0.717) is 11.2 Å². The smallest absolute Gasteiger partial charge is 0.0798 e. The largest absolute Gasteiger partial charge is 0.388 e. The highest BCUT2D eigenvalue weighted by atomic mass is 32.2. The van der Waals surface area contributed by atoms with Crippen molar-refractivity contribution in [1.29, 1.82) is 0 Å². The molecule has 1 heterocycles. The first-order chi connectivity index (χ1) is 5.23. The van der Waals surface area contributed by atoms with Gasteiger partial charge >= 0.3 is 0 Å². The van der Waals surface area contributed by atoms with Crippen molar-refractivity contribution in [2.45, 2.75) is 43.5 Å². The molecule has 1 aliphatic heterocycles. The first-order valence-electron chi connectivity index (χ1n) is 4.57. The predicted molar refractivity (Wildman–Crippen MR) is 48.8 cm³/mol. The fraction of sp³-hybridized carbons (Fsp3) is 1.00. The van der Waals surface area contributed by atoms with Crippen LogP contribution >= 0.6 is 11.8 Å². The van der Waals surface area contributed by atoms with Gasteiger partial charge in [0.15, 0.2) is 0 Å². The summed E-state index contributed by atoms with van der Waals surface area (Å²) in [5.74, 6) is 1.79. The van der Waals surface area contributed by atoms with Gasteiger partial charge in [0.1, 0.15) is 0 Å². The zero-order chi connectivity index (χ0) is 7.90. The second-order valence-electron chi connectivity index (χ2n) is 3.88. The van der Waals surface area contributed by atoms with E-state index in [9.17, 15) is 5.11 Å². The summed E-state index contributed by atoms with van der Waals surface area (Å²) < 4.78 is 0. The maximum atomic E-state index is 10.3. The summed E-state index contributed by atoms with van der Waals surface area (Å²) in [7, 11) is 0. The molecule has 0 aromatic carbocycles. The van der Waals surface area contributed by atoms with Crippen LogP contribution in [0.3, 0.4) is 0 Å². The Morgan fingerprint density at radius 3 is 2.55 bits per heavy atom. The fourth-order valence-corrected chi connectivity index (χ4v) is 3.59. The molecule has 2 heteroatoms. The van der Waals surface area contributed by atoms with Gasteiger partial charge in [-0.2, -0.15) is 11.8 Å². The molecule has 0 amide bonds. The Labute approximate surface area is 72.6 Å². The molecule has 2 unspecified atom stereocenters. The van der Waals surface area contributed by atoms with Gasteiger partial charge in [-0.25, -0.2) is 0 Å². The van der Waals surface area contributed by atoms with Crippen molar-refractivity contribution in [2.24, 2.45) is 5.92 Å². The van der Waals surface area contributed by atoms with E-state index in [2.05, 4.69) is 6.92 Å². The third kappa shape index (κ3) is 1.11. The summed E-state index contributed by atoms with van der Waals surface area (Å²) >= 11 is 1.93. The quantitative estimate of drug-likeness (QED) is 0.653. The Balaban J connectivity index is 2.06. The van der Waals surface area contributed by atoms with Crippen LogP contribution in [-0.2, 0) is 0 Å². The summed E-state index contributed by atoms with van der Waals surface area (Å²) in [6, 6.07) is 0. The van der Waals surface area contributed by atoms with Crippen molar-refractivity contribution >= 4 is 11.8 Å². The molecule has 2 atom stereocenters. The van der Waals surface area contributed by atoms with Gasteiger partial charge in [-0.3, -0.25) is 0 Å². The Hall–Kier alpha value is 0.310. The molecule has 1 aliphatic carbocycles. The molecule has 0 aromatic heterocycles. The molecule has 11 heavy (non-hydrogen) atoms. The first-order valence-corrected chi connectivity index (χ1v) is 5.62. The lowest BCUT2D eigenvalue weighted by atomic mass is 9.70. The van der Waals surface area contributed by atoms with Crippen LogP contribution in [0.4, 0.5) is 0 Å². The maximum absolute atomic E-state index is 10.3. The van der Waals surface area contributed by atoms with E-state index in [1.54, 1.807) is 0 Å². The molecule has 2 aliphatic rings. The highest BCUT2D eigenvalue weighted by Crippen LogP contribution is 2.47. The second-order valence-corrected chi connectivity index (χ2v) is 5.33. The zero-order valence-electron chi connectivity index (χ0n) is 7.05. The van der Waals surface area contributed by atoms with Crippen LogP contribution in [0, 0.1) is 5.92 Å². The maximum Gasteiger partial charge on any atom is 0.0798 e. The molecule has 1 saturated heterocycles. The van der Waals surface area contributed by atoms with Crippen molar-refractivity contribution in [2.75, 3.05) is 5.75 Å². The summed E-state index contributed by atoms with van der Waals surface area (Å²) in [5.41, 5.74) is -0.289. The van der Waals surface area contributed by atoms with E-state index >= 15 is 0 Å². The zero-order valence-corrected chi connectivity index (χ0v) is 7.86. The van der Waals surface area contributed by atoms with Gasteiger partial charge in [0, 0.05) is 5.25 Å². The summed E-state index contributed by atoms with van der Waals surface area (Å²) in [4.78, 5) is 0. The molecule has 0 radical (unpaired) electrons. The SMILES string of the molecule is CC1SCCC1(O)C1CCC1. The Morgan fingerprint density at radius 2 is 2.18 bits per heavy atom. The average molecular weight is 172 g/mol. The highest BCUT2D eigenvalue weighted by Gasteiger charge is 2.47. The minimum Gasteiger partial charge on any atom is -0.388 e. The molecular weight excluding hydrogens is 156 g/mol. The van der Waals surface area contributed by atoms with Gasteiger partial charge in [0.2, 0.25) is 0 Å². The third-order valence-electron chi connectivity index (χ3n) is 3.39. The van der Waals surface area contributed by atoms with E-state index in [1.807, 2.05) is 11.8 Å². The van der Waals surface area contributed by atoms with Gasteiger partial charge in [0.25, 0.3) is 0 Å². The number of hydrogen-bond acceptors (Lipinski definition) is 2. The number of rotatable bonds is 1. The van der Waals surface area contributed by atoms with Crippen LogP contribution in [0.1, 0.15) is 32.6 Å².